The van der Waals surface area contributed by atoms with E-state index in [1.807, 2.05) is 20.1 Å². The molecule has 0 radical (unpaired) electrons. The summed E-state index contributed by atoms with van der Waals surface area (Å²) in [6.45, 7) is 3.72. The van der Waals surface area contributed by atoms with Gasteiger partial charge in [-0.15, -0.1) is 0 Å². The Balaban J connectivity index is 2.77. The molecule has 2 atom stereocenters. The number of imide groups is 1. The molecular formula is C11H19NO3S. The van der Waals surface area contributed by atoms with Crippen molar-refractivity contribution >= 4 is 23.6 Å². The number of aliphatic hydroxyl groups excluding tert-OH is 1. The summed E-state index contributed by atoms with van der Waals surface area (Å²) in [4.78, 5) is 24.9. The van der Waals surface area contributed by atoms with Crippen LogP contribution in [0.5, 0.6) is 0 Å². The first-order valence-corrected chi connectivity index (χ1v) is 6.78. The minimum absolute atomic E-state index is 0.0189. The standard InChI is InChI=1S/C11H19NO3S/c1-7-4-10(14)12(11(15)5-7)8(2)9(6-13)16-3/h7-9,13H,4-6H2,1-3H3. The normalized spacial score (nSPS) is 22.4. The van der Waals surface area contributed by atoms with Crippen LogP contribution < -0.4 is 0 Å². The number of piperidine rings is 1. The van der Waals surface area contributed by atoms with Gasteiger partial charge in [0.2, 0.25) is 11.8 Å². The van der Waals surface area contributed by atoms with Crippen molar-refractivity contribution in [2.24, 2.45) is 5.92 Å². The number of likely N-dealkylation sites (tertiary alicyclic amines) is 1. The molecule has 2 unspecified atom stereocenters. The van der Waals surface area contributed by atoms with Crippen LogP contribution in [0.1, 0.15) is 26.7 Å². The van der Waals surface area contributed by atoms with Gasteiger partial charge in [0, 0.05) is 18.1 Å². The van der Waals surface area contributed by atoms with Crippen LogP contribution in [0.4, 0.5) is 0 Å². The second-order valence-corrected chi connectivity index (χ2v) is 5.45. The molecule has 5 heteroatoms. The maximum absolute atomic E-state index is 11.8. The smallest absolute Gasteiger partial charge is 0.229 e. The zero-order chi connectivity index (χ0) is 12.3. The molecule has 1 aliphatic rings. The highest BCUT2D eigenvalue weighted by molar-refractivity contribution is 7.99. The average molecular weight is 245 g/mol. The highest BCUT2D eigenvalue weighted by atomic mass is 32.2. The van der Waals surface area contributed by atoms with Crippen molar-refractivity contribution in [2.45, 2.75) is 38.0 Å². The van der Waals surface area contributed by atoms with E-state index >= 15 is 0 Å². The maximum atomic E-state index is 11.8. The lowest BCUT2D eigenvalue weighted by Crippen LogP contribution is -2.52. The molecule has 0 aromatic rings. The van der Waals surface area contributed by atoms with Crippen molar-refractivity contribution in [3.63, 3.8) is 0 Å². The Kier molecular flexibility index (Phi) is 4.80. The van der Waals surface area contributed by atoms with Crippen LogP contribution in [0.25, 0.3) is 0 Å². The van der Waals surface area contributed by atoms with E-state index in [1.165, 1.54) is 16.7 Å². The summed E-state index contributed by atoms with van der Waals surface area (Å²) in [7, 11) is 0. The highest BCUT2D eigenvalue weighted by Crippen LogP contribution is 2.24. The molecule has 92 valence electrons. The van der Waals surface area contributed by atoms with E-state index in [0.29, 0.717) is 12.8 Å². The minimum atomic E-state index is -0.229. The molecule has 2 amide bonds. The molecular weight excluding hydrogens is 226 g/mol. The van der Waals surface area contributed by atoms with Gasteiger partial charge in [-0.3, -0.25) is 14.5 Å². The van der Waals surface area contributed by atoms with Crippen LogP contribution in [0, 0.1) is 5.92 Å². The third-order valence-electron chi connectivity index (χ3n) is 3.01. The second-order valence-electron chi connectivity index (χ2n) is 4.37. The van der Waals surface area contributed by atoms with Gasteiger partial charge in [-0.2, -0.15) is 11.8 Å². The van der Waals surface area contributed by atoms with Gasteiger partial charge in [0.25, 0.3) is 0 Å². The first-order valence-electron chi connectivity index (χ1n) is 5.49. The van der Waals surface area contributed by atoms with Crippen LogP contribution in [0.15, 0.2) is 0 Å². The molecule has 0 aliphatic carbocycles. The molecule has 4 nitrogen and oxygen atoms in total. The molecule has 1 heterocycles. The van der Waals surface area contributed by atoms with Crippen molar-refractivity contribution in [1.82, 2.24) is 4.90 Å². The number of carbonyl (C=O) groups is 2. The van der Waals surface area contributed by atoms with Gasteiger partial charge in [-0.25, -0.2) is 0 Å². The summed E-state index contributed by atoms with van der Waals surface area (Å²) in [6, 6.07) is -0.229. The van der Waals surface area contributed by atoms with Crippen LogP contribution in [-0.4, -0.2) is 46.0 Å². The van der Waals surface area contributed by atoms with E-state index in [2.05, 4.69) is 0 Å². The van der Waals surface area contributed by atoms with Crippen molar-refractivity contribution in [1.29, 1.82) is 0 Å². The van der Waals surface area contributed by atoms with Crippen LogP contribution >= 0.6 is 11.8 Å². The third-order valence-corrected chi connectivity index (χ3v) is 4.16. The van der Waals surface area contributed by atoms with Crippen LogP contribution in [0.2, 0.25) is 0 Å². The first-order chi connectivity index (χ1) is 7.51. The molecule has 1 saturated heterocycles. The molecule has 0 saturated carbocycles. The number of carbonyl (C=O) groups excluding carboxylic acids is 2. The molecule has 1 rings (SSSR count). The number of nitrogens with zero attached hydrogens (tertiary/aromatic N) is 1. The monoisotopic (exact) mass is 245 g/mol. The summed E-state index contributed by atoms with van der Waals surface area (Å²) in [6.07, 6.45) is 2.74. The lowest BCUT2D eigenvalue weighted by molar-refractivity contribution is -0.152. The number of hydrogen-bond acceptors (Lipinski definition) is 4. The van der Waals surface area contributed by atoms with Crippen molar-refractivity contribution < 1.29 is 14.7 Å². The highest BCUT2D eigenvalue weighted by Gasteiger charge is 2.36. The van der Waals surface area contributed by atoms with Crippen molar-refractivity contribution in [3.8, 4) is 0 Å². The predicted octanol–water partition coefficient (Wildman–Crippen LogP) is 0.884. The Hall–Kier alpha value is -0.550. The van der Waals surface area contributed by atoms with E-state index < -0.39 is 0 Å². The van der Waals surface area contributed by atoms with Gasteiger partial charge < -0.3 is 5.11 Å². The fraction of sp³-hybridized carbons (Fsp3) is 0.818. The predicted molar refractivity (Wildman–Crippen MR) is 64.1 cm³/mol. The van der Waals surface area contributed by atoms with Gasteiger partial charge >= 0.3 is 0 Å². The topological polar surface area (TPSA) is 57.6 Å². The largest absolute Gasteiger partial charge is 0.395 e. The Bertz CT molecular complexity index is 260. The fourth-order valence-electron chi connectivity index (χ4n) is 2.05. The van der Waals surface area contributed by atoms with E-state index in [4.69, 9.17) is 0 Å². The van der Waals surface area contributed by atoms with Crippen molar-refractivity contribution in [3.05, 3.63) is 0 Å². The van der Waals surface area contributed by atoms with E-state index in [1.54, 1.807) is 0 Å². The zero-order valence-electron chi connectivity index (χ0n) is 9.97. The summed E-state index contributed by atoms with van der Waals surface area (Å²) >= 11 is 1.48. The van der Waals surface area contributed by atoms with Crippen LogP contribution in [0.3, 0.4) is 0 Å². The van der Waals surface area contributed by atoms with Crippen molar-refractivity contribution in [2.75, 3.05) is 12.9 Å². The summed E-state index contributed by atoms with van der Waals surface area (Å²) in [5.41, 5.74) is 0. The van der Waals surface area contributed by atoms with Gasteiger partial charge in [0.05, 0.1) is 12.6 Å². The summed E-state index contributed by atoms with van der Waals surface area (Å²) < 4.78 is 0. The number of rotatable bonds is 4. The minimum Gasteiger partial charge on any atom is -0.395 e. The molecule has 0 bridgehead atoms. The molecule has 0 aromatic heterocycles. The SMILES string of the molecule is CSC(CO)C(C)N1C(=O)CC(C)CC1=O. The number of amides is 2. The molecule has 1 fully saturated rings. The Morgan fingerprint density at radius 1 is 1.44 bits per heavy atom. The molecule has 1 N–H and O–H groups in total. The van der Waals surface area contributed by atoms with Gasteiger partial charge in [0.1, 0.15) is 0 Å². The summed E-state index contributed by atoms with van der Waals surface area (Å²) in [5, 5.41) is 9.09. The number of hydrogen-bond donors (Lipinski definition) is 1. The third kappa shape index (κ3) is 2.77. The quantitative estimate of drug-likeness (QED) is 0.747. The van der Waals surface area contributed by atoms with E-state index in [-0.39, 0.29) is 35.6 Å². The zero-order valence-corrected chi connectivity index (χ0v) is 10.8. The lowest BCUT2D eigenvalue weighted by atomic mass is 9.96. The second kappa shape index (κ2) is 5.68. The van der Waals surface area contributed by atoms with Gasteiger partial charge in [-0.1, -0.05) is 6.92 Å². The van der Waals surface area contributed by atoms with E-state index in [0.717, 1.165) is 0 Å². The Labute approximate surface area is 100 Å². The Morgan fingerprint density at radius 2 is 1.94 bits per heavy atom. The number of aliphatic hydroxyl groups is 1. The lowest BCUT2D eigenvalue weighted by Gasteiger charge is -2.36. The molecule has 0 spiro atoms. The molecule has 0 aromatic carbocycles. The fourth-order valence-corrected chi connectivity index (χ4v) is 2.71. The van der Waals surface area contributed by atoms with Gasteiger partial charge in [0.15, 0.2) is 0 Å². The van der Waals surface area contributed by atoms with Gasteiger partial charge in [-0.05, 0) is 19.1 Å². The first kappa shape index (κ1) is 13.5. The summed E-state index contributed by atoms with van der Waals surface area (Å²) in [5.74, 6) is -0.0715. The maximum Gasteiger partial charge on any atom is 0.229 e. The van der Waals surface area contributed by atoms with E-state index in [9.17, 15) is 14.7 Å². The molecule has 16 heavy (non-hydrogen) atoms. The average Bonchev–Trinajstić information content (AvgIpc) is 2.17. The molecule has 1 aliphatic heterocycles. The Morgan fingerprint density at radius 3 is 2.31 bits per heavy atom. The number of thioether (sulfide) groups is 1. The van der Waals surface area contributed by atoms with Crippen LogP contribution in [-0.2, 0) is 9.59 Å².